The first-order valence-corrected chi connectivity index (χ1v) is 14.5. The highest BCUT2D eigenvalue weighted by atomic mass is 35.5. The van der Waals surface area contributed by atoms with Gasteiger partial charge in [0.05, 0.1) is 16.4 Å². The molecule has 0 saturated carbocycles. The van der Waals surface area contributed by atoms with Gasteiger partial charge in [0, 0.05) is 17.9 Å². The molecule has 2 atom stereocenters. The normalized spacial score (nSPS) is 21.2. The second-order valence-corrected chi connectivity index (χ2v) is 11.7. The number of aromatic nitrogens is 1. The lowest BCUT2D eigenvalue weighted by molar-refractivity contribution is -0.133. The number of hydrogen-bond acceptors (Lipinski definition) is 7. The second kappa shape index (κ2) is 10.1. The number of carbonyl (C=O) groups is 2. The van der Waals surface area contributed by atoms with Crippen LogP contribution < -0.4 is 10.2 Å². The van der Waals surface area contributed by atoms with Crippen LogP contribution >= 0.6 is 34.7 Å². The van der Waals surface area contributed by atoms with Gasteiger partial charge in [0.25, 0.3) is 0 Å². The maximum absolute atomic E-state index is 13.6. The summed E-state index contributed by atoms with van der Waals surface area (Å²) in [4.78, 5) is 34.9. The molecule has 2 aliphatic rings. The van der Waals surface area contributed by atoms with Gasteiger partial charge in [-0.2, -0.15) is 11.3 Å². The molecule has 0 radical (unpaired) electrons. The third kappa shape index (κ3) is 4.36. The third-order valence-corrected chi connectivity index (χ3v) is 9.49. The number of Topliss-reactive ketones (excluding diaryl/α,β-unsaturated/α-hetero) is 1. The van der Waals surface area contributed by atoms with Crippen LogP contribution in [0.2, 0.25) is 5.02 Å². The number of hydrogen-bond donors (Lipinski definition) is 2. The van der Waals surface area contributed by atoms with Crippen molar-refractivity contribution in [1.29, 1.82) is 0 Å². The van der Waals surface area contributed by atoms with E-state index in [2.05, 4.69) is 5.32 Å². The molecule has 1 amide bonds. The first kappa shape index (κ1) is 25.0. The maximum atomic E-state index is 13.6. The molecule has 2 aliphatic heterocycles. The number of benzene rings is 2. The first-order chi connectivity index (χ1) is 18.5. The average molecular weight is 562 g/mol. The lowest BCUT2D eigenvalue weighted by atomic mass is 9.79. The van der Waals surface area contributed by atoms with E-state index in [9.17, 15) is 14.7 Å². The minimum Gasteiger partial charge on any atom is -0.506 e. The van der Waals surface area contributed by atoms with Crippen molar-refractivity contribution < 1.29 is 14.7 Å². The van der Waals surface area contributed by atoms with Crippen molar-refractivity contribution in [3.8, 4) is 5.75 Å². The molecule has 4 aromatic rings. The number of phenolic OH excluding ortho intramolecular Hbond substituents is 1. The zero-order valence-corrected chi connectivity index (χ0v) is 22.7. The Hall–Kier alpha value is -3.33. The lowest BCUT2D eigenvalue weighted by Crippen LogP contribution is -2.58. The molecule has 4 heterocycles. The first-order valence-electron chi connectivity index (χ1n) is 12.3. The molecule has 9 heteroatoms. The number of nitrogens with one attached hydrogen (secondary N) is 1. The fourth-order valence-corrected chi connectivity index (χ4v) is 7.23. The topological polar surface area (TPSA) is 82.5 Å². The number of ketones is 1. The molecule has 1 saturated heterocycles. The molecule has 2 aromatic heterocycles. The van der Waals surface area contributed by atoms with E-state index in [1.54, 1.807) is 12.1 Å². The Morgan fingerprint density at radius 3 is 2.71 bits per heavy atom. The standard InChI is InChI=1S/C29H24ClN3O3S2/c30-20-8-1-2-10-23(20)38-27-22(35)16-29(32-28(27)36,19-13-15-37-17-19)24-11-4-12-25(31-24)33-14-5-7-18-6-3-9-21(34)26(18)33/h1-4,6,8-13,15,17,27,34H,5,7,14,16H2,(H,32,36). The molecular formula is C29H24ClN3O3S2. The summed E-state index contributed by atoms with van der Waals surface area (Å²) in [6, 6.07) is 20.3. The van der Waals surface area contributed by atoms with Gasteiger partial charge in [-0.15, -0.1) is 11.8 Å². The summed E-state index contributed by atoms with van der Waals surface area (Å²) in [5.74, 6) is 0.319. The average Bonchev–Trinajstić information content (AvgIpc) is 3.47. The predicted octanol–water partition coefficient (Wildman–Crippen LogP) is 6.08. The van der Waals surface area contributed by atoms with Crippen molar-refractivity contribution >= 4 is 57.9 Å². The maximum Gasteiger partial charge on any atom is 0.242 e. The number of aryl methyl sites for hydroxylation is 1. The summed E-state index contributed by atoms with van der Waals surface area (Å²) in [6.07, 6.45) is 1.87. The molecule has 2 unspecified atom stereocenters. The number of rotatable bonds is 5. The van der Waals surface area contributed by atoms with Gasteiger partial charge >= 0.3 is 0 Å². The number of amides is 1. The molecule has 6 rings (SSSR count). The van der Waals surface area contributed by atoms with Crippen LogP contribution in [0.3, 0.4) is 0 Å². The third-order valence-electron chi connectivity index (χ3n) is 7.05. The van der Waals surface area contributed by atoms with Gasteiger partial charge in [-0.3, -0.25) is 9.59 Å². The Kier molecular flexibility index (Phi) is 6.63. The van der Waals surface area contributed by atoms with E-state index in [1.165, 1.54) is 23.1 Å². The van der Waals surface area contributed by atoms with Crippen molar-refractivity contribution in [1.82, 2.24) is 10.3 Å². The Morgan fingerprint density at radius 1 is 1.08 bits per heavy atom. The van der Waals surface area contributed by atoms with E-state index < -0.39 is 10.8 Å². The van der Waals surface area contributed by atoms with E-state index in [0.29, 0.717) is 28.0 Å². The second-order valence-electron chi connectivity index (χ2n) is 9.40. The Bertz CT molecular complexity index is 1510. The molecule has 6 nitrogen and oxygen atoms in total. The van der Waals surface area contributed by atoms with Crippen molar-refractivity contribution in [2.75, 3.05) is 11.4 Å². The van der Waals surface area contributed by atoms with Crippen LogP contribution in [0.15, 0.2) is 82.4 Å². The quantitative estimate of drug-likeness (QED) is 0.287. The highest BCUT2D eigenvalue weighted by Crippen LogP contribution is 2.43. The largest absolute Gasteiger partial charge is 0.506 e. The van der Waals surface area contributed by atoms with Crippen LogP contribution in [0.1, 0.15) is 29.7 Å². The number of piperidine rings is 1. The smallest absolute Gasteiger partial charge is 0.242 e. The number of para-hydroxylation sites is 1. The van der Waals surface area contributed by atoms with E-state index in [-0.39, 0.29) is 23.9 Å². The lowest BCUT2D eigenvalue weighted by Gasteiger charge is -2.40. The van der Waals surface area contributed by atoms with E-state index in [0.717, 1.165) is 29.7 Å². The summed E-state index contributed by atoms with van der Waals surface area (Å²) < 4.78 is 0. The molecule has 1 fully saturated rings. The molecular weight excluding hydrogens is 538 g/mol. The fraction of sp³-hybridized carbons (Fsp3) is 0.207. The summed E-state index contributed by atoms with van der Waals surface area (Å²) >= 11 is 8.99. The highest BCUT2D eigenvalue weighted by molar-refractivity contribution is 8.01. The van der Waals surface area contributed by atoms with Crippen LogP contribution in [-0.2, 0) is 21.5 Å². The van der Waals surface area contributed by atoms with Crippen LogP contribution in [0.25, 0.3) is 0 Å². The number of thiophene rings is 1. The fourth-order valence-electron chi connectivity index (χ4n) is 5.26. The predicted molar refractivity (Wildman–Crippen MR) is 152 cm³/mol. The minimum absolute atomic E-state index is 0.0654. The SMILES string of the molecule is O=C1CC(c2ccsc2)(c2cccc(N3CCCc4cccc(O)c43)n2)NC(=O)C1Sc1ccccc1Cl. The summed E-state index contributed by atoms with van der Waals surface area (Å²) in [7, 11) is 0. The van der Waals surface area contributed by atoms with E-state index in [1.807, 2.05) is 70.3 Å². The van der Waals surface area contributed by atoms with Crippen molar-refractivity contribution in [3.63, 3.8) is 0 Å². The number of thioether (sulfide) groups is 1. The molecule has 192 valence electrons. The minimum atomic E-state index is -1.10. The summed E-state index contributed by atoms with van der Waals surface area (Å²) in [6.45, 7) is 0.703. The van der Waals surface area contributed by atoms with Gasteiger partial charge in [0.2, 0.25) is 5.91 Å². The number of phenols is 1. The van der Waals surface area contributed by atoms with Gasteiger partial charge in [0.1, 0.15) is 22.4 Å². The van der Waals surface area contributed by atoms with Crippen LogP contribution in [-0.4, -0.2) is 33.6 Å². The van der Waals surface area contributed by atoms with Gasteiger partial charge in [0.15, 0.2) is 5.78 Å². The Balaban J connectivity index is 1.39. The number of carbonyl (C=O) groups excluding carboxylic acids is 2. The van der Waals surface area contributed by atoms with Crippen LogP contribution in [0.5, 0.6) is 5.75 Å². The monoisotopic (exact) mass is 561 g/mol. The number of halogens is 1. The van der Waals surface area contributed by atoms with Gasteiger partial charge in [-0.25, -0.2) is 4.98 Å². The van der Waals surface area contributed by atoms with E-state index >= 15 is 0 Å². The van der Waals surface area contributed by atoms with Crippen molar-refractivity contribution in [2.24, 2.45) is 0 Å². The van der Waals surface area contributed by atoms with Gasteiger partial charge in [-0.1, -0.05) is 41.9 Å². The molecule has 0 aliphatic carbocycles. The zero-order chi connectivity index (χ0) is 26.3. The van der Waals surface area contributed by atoms with Crippen LogP contribution in [0.4, 0.5) is 11.5 Å². The number of anilines is 2. The summed E-state index contributed by atoms with van der Waals surface area (Å²) in [5, 5.41) is 17.3. The zero-order valence-electron chi connectivity index (χ0n) is 20.3. The van der Waals surface area contributed by atoms with Crippen LogP contribution in [0, 0.1) is 0 Å². The van der Waals surface area contributed by atoms with Crippen molar-refractivity contribution in [3.05, 3.63) is 99.3 Å². The number of aromatic hydroxyl groups is 1. The van der Waals surface area contributed by atoms with Gasteiger partial charge in [-0.05, 0) is 71.1 Å². The molecule has 2 N–H and O–H groups in total. The van der Waals surface area contributed by atoms with Gasteiger partial charge < -0.3 is 15.3 Å². The molecule has 2 aromatic carbocycles. The molecule has 0 spiro atoms. The number of pyridine rings is 1. The number of fused-ring (bicyclic) bond motifs is 1. The molecule has 38 heavy (non-hydrogen) atoms. The Labute approximate surface area is 233 Å². The van der Waals surface area contributed by atoms with Crippen molar-refractivity contribution in [2.45, 2.75) is 34.9 Å². The summed E-state index contributed by atoms with van der Waals surface area (Å²) in [5.41, 5.74) is 2.12. The Morgan fingerprint density at radius 2 is 1.92 bits per heavy atom. The number of nitrogens with zero attached hydrogens (tertiary/aromatic N) is 2. The van der Waals surface area contributed by atoms with E-state index in [4.69, 9.17) is 16.6 Å². The molecule has 0 bridgehead atoms. The highest BCUT2D eigenvalue weighted by Gasteiger charge is 2.48.